The summed E-state index contributed by atoms with van der Waals surface area (Å²) in [6, 6.07) is 9.02. The standard InChI is InChI=1S/C14H14O4S/c1-2-17-11-3-5-12(6-4-11)18-9-10-7-8-19-13(10)14(15)16/h3-8H,2,9H2,1H3,(H,15,16). The van der Waals surface area contributed by atoms with E-state index in [0.29, 0.717) is 22.8 Å². The minimum absolute atomic E-state index is 0.249. The maximum atomic E-state index is 10.9. The molecule has 0 saturated heterocycles. The van der Waals surface area contributed by atoms with Gasteiger partial charge in [0, 0.05) is 5.56 Å². The van der Waals surface area contributed by atoms with Gasteiger partial charge in [0.05, 0.1) is 6.61 Å². The van der Waals surface area contributed by atoms with Gasteiger partial charge in [0.25, 0.3) is 0 Å². The fourth-order valence-corrected chi connectivity index (χ4v) is 2.34. The fraction of sp³-hybridized carbons (Fsp3) is 0.214. The smallest absolute Gasteiger partial charge is 0.346 e. The average Bonchev–Trinajstić information content (AvgIpc) is 2.87. The summed E-state index contributed by atoms with van der Waals surface area (Å²) in [5, 5.41) is 10.7. The van der Waals surface area contributed by atoms with Gasteiger partial charge in [-0.15, -0.1) is 11.3 Å². The summed E-state index contributed by atoms with van der Waals surface area (Å²) in [4.78, 5) is 11.3. The Morgan fingerprint density at radius 1 is 1.16 bits per heavy atom. The number of aromatic carboxylic acids is 1. The van der Waals surface area contributed by atoms with Gasteiger partial charge in [-0.05, 0) is 42.6 Å². The number of hydrogen-bond acceptors (Lipinski definition) is 4. The molecule has 5 heteroatoms. The predicted molar refractivity (Wildman–Crippen MR) is 73.2 cm³/mol. The van der Waals surface area contributed by atoms with Gasteiger partial charge in [-0.2, -0.15) is 0 Å². The summed E-state index contributed by atoms with van der Waals surface area (Å²) < 4.78 is 10.9. The predicted octanol–water partition coefficient (Wildman–Crippen LogP) is 3.42. The largest absolute Gasteiger partial charge is 0.494 e. The molecular weight excluding hydrogens is 264 g/mol. The summed E-state index contributed by atoms with van der Waals surface area (Å²) in [5.41, 5.74) is 0.686. The Labute approximate surface area is 115 Å². The van der Waals surface area contributed by atoms with Crippen LogP contribution in [0.4, 0.5) is 0 Å². The number of carbonyl (C=O) groups is 1. The van der Waals surface area contributed by atoms with Gasteiger partial charge in [0.15, 0.2) is 0 Å². The zero-order chi connectivity index (χ0) is 13.7. The van der Waals surface area contributed by atoms with E-state index in [4.69, 9.17) is 14.6 Å². The Balaban J connectivity index is 1.98. The van der Waals surface area contributed by atoms with Gasteiger partial charge in [-0.1, -0.05) is 0 Å². The zero-order valence-electron chi connectivity index (χ0n) is 10.5. The second-order valence-corrected chi connectivity index (χ2v) is 4.69. The zero-order valence-corrected chi connectivity index (χ0v) is 11.3. The van der Waals surface area contributed by atoms with Gasteiger partial charge in [-0.3, -0.25) is 0 Å². The third-order valence-electron chi connectivity index (χ3n) is 2.47. The van der Waals surface area contributed by atoms with Crippen LogP contribution in [-0.4, -0.2) is 17.7 Å². The van der Waals surface area contributed by atoms with Crippen LogP contribution in [0.1, 0.15) is 22.2 Å². The molecule has 1 heterocycles. The van der Waals surface area contributed by atoms with Crippen molar-refractivity contribution in [2.24, 2.45) is 0 Å². The summed E-state index contributed by atoms with van der Waals surface area (Å²) in [6.07, 6.45) is 0. The molecule has 100 valence electrons. The molecule has 2 aromatic rings. The molecule has 0 aliphatic carbocycles. The van der Waals surface area contributed by atoms with E-state index < -0.39 is 5.97 Å². The van der Waals surface area contributed by atoms with Crippen molar-refractivity contribution in [3.63, 3.8) is 0 Å². The van der Waals surface area contributed by atoms with Crippen LogP contribution in [0.3, 0.4) is 0 Å². The number of carboxylic acids is 1. The van der Waals surface area contributed by atoms with Gasteiger partial charge in [0.1, 0.15) is 23.0 Å². The molecule has 1 N–H and O–H groups in total. The number of rotatable bonds is 6. The molecule has 2 rings (SSSR count). The number of ether oxygens (including phenoxy) is 2. The van der Waals surface area contributed by atoms with E-state index in [0.717, 1.165) is 5.75 Å². The first-order chi connectivity index (χ1) is 9.20. The van der Waals surface area contributed by atoms with Crippen LogP contribution >= 0.6 is 11.3 Å². The number of thiophene rings is 1. The van der Waals surface area contributed by atoms with Crippen LogP contribution in [0.15, 0.2) is 35.7 Å². The Bertz CT molecular complexity index is 545. The van der Waals surface area contributed by atoms with Gasteiger partial charge >= 0.3 is 5.97 Å². The average molecular weight is 278 g/mol. The number of benzene rings is 1. The molecule has 0 aliphatic heterocycles. The lowest BCUT2D eigenvalue weighted by Crippen LogP contribution is -2.01. The lowest BCUT2D eigenvalue weighted by atomic mass is 10.2. The van der Waals surface area contributed by atoms with Gasteiger partial charge in [0.2, 0.25) is 0 Å². The van der Waals surface area contributed by atoms with Gasteiger partial charge in [-0.25, -0.2) is 4.79 Å². The molecule has 0 atom stereocenters. The molecule has 0 unspecified atom stereocenters. The highest BCUT2D eigenvalue weighted by Crippen LogP contribution is 2.21. The molecule has 0 radical (unpaired) electrons. The second-order valence-electron chi connectivity index (χ2n) is 3.77. The number of carboxylic acid groups (broad SMARTS) is 1. The molecule has 1 aromatic heterocycles. The molecule has 0 saturated carbocycles. The summed E-state index contributed by atoms with van der Waals surface area (Å²) >= 11 is 1.20. The summed E-state index contributed by atoms with van der Waals surface area (Å²) in [5.74, 6) is 0.558. The lowest BCUT2D eigenvalue weighted by Gasteiger charge is -2.07. The molecule has 0 amide bonds. The van der Waals surface area contributed by atoms with Crippen molar-refractivity contribution in [3.8, 4) is 11.5 Å². The molecule has 0 aliphatic rings. The molecular formula is C14H14O4S. The van der Waals surface area contributed by atoms with Crippen LogP contribution in [0.25, 0.3) is 0 Å². The summed E-state index contributed by atoms with van der Waals surface area (Å²) in [7, 11) is 0. The van der Waals surface area contributed by atoms with Crippen molar-refractivity contribution in [2.45, 2.75) is 13.5 Å². The van der Waals surface area contributed by atoms with Crippen molar-refractivity contribution < 1.29 is 19.4 Å². The van der Waals surface area contributed by atoms with Crippen molar-refractivity contribution in [3.05, 3.63) is 46.2 Å². The first kappa shape index (κ1) is 13.4. The molecule has 0 fully saturated rings. The van der Waals surface area contributed by atoms with Crippen molar-refractivity contribution in [1.82, 2.24) is 0 Å². The Kier molecular flexibility index (Phi) is 4.41. The van der Waals surface area contributed by atoms with Crippen LogP contribution in [0.5, 0.6) is 11.5 Å². The van der Waals surface area contributed by atoms with Crippen LogP contribution < -0.4 is 9.47 Å². The number of hydrogen-bond donors (Lipinski definition) is 1. The Morgan fingerprint density at radius 3 is 2.37 bits per heavy atom. The van der Waals surface area contributed by atoms with Crippen molar-refractivity contribution in [1.29, 1.82) is 0 Å². The van der Waals surface area contributed by atoms with E-state index in [9.17, 15) is 4.79 Å². The minimum atomic E-state index is -0.916. The highest BCUT2D eigenvalue weighted by atomic mass is 32.1. The second kappa shape index (κ2) is 6.24. The van der Waals surface area contributed by atoms with Crippen molar-refractivity contribution >= 4 is 17.3 Å². The fourth-order valence-electron chi connectivity index (χ4n) is 1.60. The third-order valence-corrected chi connectivity index (χ3v) is 3.41. The Morgan fingerprint density at radius 2 is 1.79 bits per heavy atom. The van der Waals surface area contributed by atoms with E-state index in [1.54, 1.807) is 23.6 Å². The lowest BCUT2D eigenvalue weighted by molar-refractivity contribution is 0.0699. The molecule has 0 bridgehead atoms. The molecule has 0 spiro atoms. The summed E-state index contributed by atoms with van der Waals surface area (Å²) in [6.45, 7) is 2.80. The van der Waals surface area contributed by atoms with Crippen LogP contribution in [0.2, 0.25) is 0 Å². The van der Waals surface area contributed by atoms with E-state index in [1.807, 2.05) is 19.1 Å². The SMILES string of the molecule is CCOc1ccc(OCc2ccsc2C(=O)O)cc1. The minimum Gasteiger partial charge on any atom is -0.494 e. The monoisotopic (exact) mass is 278 g/mol. The molecule has 19 heavy (non-hydrogen) atoms. The quantitative estimate of drug-likeness (QED) is 0.879. The van der Waals surface area contributed by atoms with E-state index in [1.165, 1.54) is 11.3 Å². The van der Waals surface area contributed by atoms with Crippen molar-refractivity contribution in [2.75, 3.05) is 6.61 Å². The van der Waals surface area contributed by atoms with Crippen LogP contribution in [0, 0.1) is 0 Å². The van der Waals surface area contributed by atoms with E-state index >= 15 is 0 Å². The highest BCUT2D eigenvalue weighted by Gasteiger charge is 2.11. The van der Waals surface area contributed by atoms with E-state index in [2.05, 4.69) is 0 Å². The van der Waals surface area contributed by atoms with Gasteiger partial charge < -0.3 is 14.6 Å². The molecule has 1 aromatic carbocycles. The Hall–Kier alpha value is -2.01. The topological polar surface area (TPSA) is 55.8 Å². The maximum absolute atomic E-state index is 10.9. The first-order valence-corrected chi connectivity index (χ1v) is 6.74. The van der Waals surface area contributed by atoms with E-state index in [-0.39, 0.29) is 6.61 Å². The third kappa shape index (κ3) is 3.48. The highest BCUT2D eigenvalue weighted by molar-refractivity contribution is 7.12. The maximum Gasteiger partial charge on any atom is 0.346 e. The molecule has 4 nitrogen and oxygen atoms in total. The van der Waals surface area contributed by atoms with Crippen LogP contribution in [-0.2, 0) is 6.61 Å². The first-order valence-electron chi connectivity index (χ1n) is 5.86. The normalized spacial score (nSPS) is 10.2.